The van der Waals surface area contributed by atoms with E-state index in [2.05, 4.69) is 5.32 Å². The highest BCUT2D eigenvalue weighted by Crippen LogP contribution is 2.14. The molecule has 1 unspecified atom stereocenters. The lowest BCUT2D eigenvalue weighted by molar-refractivity contribution is -0.144. The summed E-state index contributed by atoms with van der Waals surface area (Å²) in [6.45, 7) is 1.82. The number of methoxy groups -OCH3 is 1. The van der Waals surface area contributed by atoms with Crippen LogP contribution in [0.5, 0.6) is 5.75 Å². The molecule has 6 nitrogen and oxygen atoms in total. The van der Waals surface area contributed by atoms with Gasteiger partial charge in [0.1, 0.15) is 17.9 Å². The number of amides is 1. The normalized spacial score (nSPS) is 12.8. The third-order valence-electron chi connectivity index (χ3n) is 3.90. The number of rotatable bonds is 9. The highest BCUT2D eigenvalue weighted by molar-refractivity contribution is 5.86. The molecule has 0 aliphatic heterocycles. The zero-order valence-corrected chi connectivity index (χ0v) is 14.8. The van der Waals surface area contributed by atoms with E-state index >= 15 is 0 Å². The van der Waals surface area contributed by atoms with Crippen LogP contribution in [0.3, 0.4) is 0 Å². The second kappa shape index (κ2) is 9.58. The molecule has 26 heavy (non-hydrogen) atoms. The number of ether oxygens (including phenoxy) is 2. The first-order valence-corrected chi connectivity index (χ1v) is 8.31. The molecule has 0 spiro atoms. The van der Waals surface area contributed by atoms with Crippen molar-refractivity contribution in [1.29, 1.82) is 0 Å². The van der Waals surface area contributed by atoms with Crippen molar-refractivity contribution in [2.24, 2.45) is 0 Å². The van der Waals surface area contributed by atoms with E-state index in [0.717, 1.165) is 11.1 Å². The number of carbonyl (C=O) groups is 2. The van der Waals surface area contributed by atoms with Gasteiger partial charge in [0.2, 0.25) is 5.91 Å². The average Bonchev–Trinajstić information content (AvgIpc) is 2.66. The van der Waals surface area contributed by atoms with Gasteiger partial charge in [-0.2, -0.15) is 0 Å². The van der Waals surface area contributed by atoms with Crippen LogP contribution in [0.1, 0.15) is 18.1 Å². The van der Waals surface area contributed by atoms with Crippen LogP contribution in [0.4, 0.5) is 0 Å². The summed E-state index contributed by atoms with van der Waals surface area (Å²) in [4.78, 5) is 23.7. The second-order valence-electron chi connectivity index (χ2n) is 5.89. The van der Waals surface area contributed by atoms with Crippen LogP contribution in [0.2, 0.25) is 0 Å². The Balaban J connectivity index is 1.90. The molecule has 0 aliphatic rings. The predicted molar refractivity (Wildman–Crippen MR) is 97.0 cm³/mol. The molecule has 0 aromatic heterocycles. The Morgan fingerprint density at radius 1 is 1.08 bits per heavy atom. The van der Waals surface area contributed by atoms with E-state index < -0.39 is 24.0 Å². The van der Waals surface area contributed by atoms with Crippen molar-refractivity contribution in [3.8, 4) is 5.75 Å². The lowest BCUT2D eigenvalue weighted by atomic mass is 10.1. The van der Waals surface area contributed by atoms with Crippen molar-refractivity contribution in [3.63, 3.8) is 0 Å². The van der Waals surface area contributed by atoms with Crippen molar-refractivity contribution in [2.75, 3.05) is 7.11 Å². The molecule has 6 heteroatoms. The fourth-order valence-electron chi connectivity index (χ4n) is 2.40. The largest absolute Gasteiger partial charge is 0.497 e. The van der Waals surface area contributed by atoms with E-state index in [1.807, 2.05) is 54.6 Å². The smallest absolute Gasteiger partial charge is 0.326 e. The Morgan fingerprint density at radius 3 is 2.42 bits per heavy atom. The van der Waals surface area contributed by atoms with Gasteiger partial charge in [-0.15, -0.1) is 0 Å². The van der Waals surface area contributed by atoms with E-state index in [9.17, 15) is 14.7 Å². The fraction of sp³-hybridized carbons (Fsp3) is 0.300. The van der Waals surface area contributed by atoms with Crippen LogP contribution < -0.4 is 10.1 Å². The van der Waals surface area contributed by atoms with Gasteiger partial charge in [-0.05, 0) is 30.2 Å². The molecule has 1 amide bonds. The number of carboxylic acid groups (broad SMARTS) is 1. The minimum absolute atomic E-state index is 0.213. The van der Waals surface area contributed by atoms with Crippen LogP contribution in [-0.4, -0.2) is 36.2 Å². The van der Waals surface area contributed by atoms with Gasteiger partial charge in [-0.3, -0.25) is 4.79 Å². The van der Waals surface area contributed by atoms with Crippen LogP contribution >= 0.6 is 0 Å². The summed E-state index contributed by atoms with van der Waals surface area (Å²) in [7, 11) is 1.58. The molecule has 138 valence electrons. The van der Waals surface area contributed by atoms with Crippen LogP contribution in [-0.2, 0) is 27.4 Å². The van der Waals surface area contributed by atoms with Crippen LogP contribution in [0, 0.1) is 0 Å². The molecular formula is C20H23NO5. The maximum absolute atomic E-state index is 12.3. The monoisotopic (exact) mass is 357 g/mol. The maximum atomic E-state index is 12.3. The zero-order valence-electron chi connectivity index (χ0n) is 14.8. The lowest BCUT2D eigenvalue weighted by Gasteiger charge is -2.18. The highest BCUT2D eigenvalue weighted by Gasteiger charge is 2.23. The van der Waals surface area contributed by atoms with E-state index in [1.54, 1.807) is 14.0 Å². The summed E-state index contributed by atoms with van der Waals surface area (Å²) in [5.74, 6) is -0.838. The Bertz CT molecular complexity index is 732. The summed E-state index contributed by atoms with van der Waals surface area (Å²) >= 11 is 0. The molecule has 2 atom stereocenters. The molecule has 0 heterocycles. The molecule has 0 saturated carbocycles. The summed E-state index contributed by atoms with van der Waals surface area (Å²) < 4.78 is 10.7. The Hall–Kier alpha value is -2.86. The Labute approximate surface area is 152 Å². The van der Waals surface area contributed by atoms with Crippen molar-refractivity contribution in [1.82, 2.24) is 5.32 Å². The van der Waals surface area contributed by atoms with Crippen LogP contribution in [0.15, 0.2) is 54.6 Å². The van der Waals surface area contributed by atoms with Gasteiger partial charge >= 0.3 is 5.97 Å². The van der Waals surface area contributed by atoms with Crippen molar-refractivity contribution in [3.05, 3.63) is 65.7 Å². The number of benzene rings is 2. The van der Waals surface area contributed by atoms with Gasteiger partial charge < -0.3 is 19.9 Å². The van der Waals surface area contributed by atoms with Gasteiger partial charge in [0.15, 0.2) is 0 Å². The maximum Gasteiger partial charge on any atom is 0.326 e. The first kappa shape index (κ1) is 19.5. The average molecular weight is 357 g/mol. The van der Waals surface area contributed by atoms with Gasteiger partial charge in [0, 0.05) is 6.42 Å². The molecular weight excluding hydrogens is 334 g/mol. The Kier molecular flexibility index (Phi) is 7.17. The number of hydrogen-bond donors (Lipinski definition) is 2. The molecule has 0 fully saturated rings. The topological polar surface area (TPSA) is 84.9 Å². The number of nitrogens with one attached hydrogen (secondary N) is 1. The van der Waals surface area contributed by atoms with Gasteiger partial charge in [0.05, 0.1) is 13.7 Å². The number of hydrogen-bond acceptors (Lipinski definition) is 4. The quantitative estimate of drug-likeness (QED) is 0.720. The standard InChI is InChI=1S/C20H23NO5/c1-14(26-13-16-9-6-10-17(11-16)25-2)19(22)21-18(20(23)24)12-15-7-4-3-5-8-15/h3-11,14,18H,12-13H2,1-2H3,(H,21,22)(H,23,24)/t14?,18-/m1/s1. The predicted octanol–water partition coefficient (Wildman–Crippen LogP) is 2.41. The first-order chi connectivity index (χ1) is 12.5. The third kappa shape index (κ3) is 5.89. The minimum atomic E-state index is -1.08. The molecule has 0 bridgehead atoms. The van der Waals surface area contributed by atoms with E-state index in [0.29, 0.717) is 5.75 Å². The molecule has 2 aromatic carbocycles. The van der Waals surface area contributed by atoms with E-state index in [4.69, 9.17) is 9.47 Å². The summed E-state index contributed by atoms with van der Waals surface area (Å²) in [6, 6.07) is 15.5. The zero-order chi connectivity index (χ0) is 18.9. The Morgan fingerprint density at radius 2 is 1.77 bits per heavy atom. The molecule has 2 N–H and O–H groups in total. The highest BCUT2D eigenvalue weighted by atomic mass is 16.5. The summed E-state index contributed by atoms with van der Waals surface area (Å²) in [6.07, 6.45) is -0.566. The van der Waals surface area contributed by atoms with Gasteiger partial charge in [-0.25, -0.2) is 4.79 Å². The van der Waals surface area contributed by atoms with Gasteiger partial charge in [-0.1, -0.05) is 42.5 Å². The fourth-order valence-corrected chi connectivity index (χ4v) is 2.40. The molecule has 0 radical (unpaired) electrons. The molecule has 2 rings (SSSR count). The molecule has 2 aromatic rings. The lowest BCUT2D eigenvalue weighted by Crippen LogP contribution is -2.46. The first-order valence-electron chi connectivity index (χ1n) is 8.31. The number of carbonyl (C=O) groups excluding carboxylic acids is 1. The third-order valence-corrected chi connectivity index (χ3v) is 3.90. The van der Waals surface area contributed by atoms with Crippen molar-refractivity contribution in [2.45, 2.75) is 32.1 Å². The van der Waals surface area contributed by atoms with Crippen LogP contribution in [0.25, 0.3) is 0 Å². The summed E-state index contributed by atoms with van der Waals surface area (Å²) in [5, 5.41) is 11.9. The summed E-state index contributed by atoms with van der Waals surface area (Å²) in [5.41, 5.74) is 1.70. The minimum Gasteiger partial charge on any atom is -0.497 e. The second-order valence-corrected chi connectivity index (χ2v) is 5.89. The van der Waals surface area contributed by atoms with E-state index in [-0.39, 0.29) is 13.0 Å². The molecule has 0 saturated heterocycles. The SMILES string of the molecule is COc1cccc(COC(C)C(=O)N[C@H](Cc2ccccc2)C(=O)O)c1. The van der Waals surface area contributed by atoms with E-state index in [1.165, 1.54) is 0 Å². The van der Waals surface area contributed by atoms with Crippen molar-refractivity contribution < 1.29 is 24.2 Å². The molecule has 0 aliphatic carbocycles. The van der Waals surface area contributed by atoms with Gasteiger partial charge in [0.25, 0.3) is 0 Å². The number of aliphatic carboxylic acids is 1. The number of carboxylic acids is 1. The van der Waals surface area contributed by atoms with Crippen molar-refractivity contribution >= 4 is 11.9 Å².